The number of carbonyl (C=O) groups excluding carboxylic acids is 1. The normalized spacial score (nSPS) is 15.9. The lowest BCUT2D eigenvalue weighted by Gasteiger charge is -2.39. The summed E-state index contributed by atoms with van der Waals surface area (Å²) in [5, 5.41) is 3.14. The van der Waals surface area contributed by atoms with Crippen LogP contribution in [0.4, 0.5) is 5.69 Å². The summed E-state index contributed by atoms with van der Waals surface area (Å²) in [5.41, 5.74) is 5.58. The number of fused-ring (bicyclic) bond motifs is 1. The van der Waals surface area contributed by atoms with Crippen LogP contribution in [0.2, 0.25) is 0 Å². The first-order chi connectivity index (χ1) is 13.6. The van der Waals surface area contributed by atoms with Crippen molar-refractivity contribution in [1.82, 2.24) is 4.90 Å². The van der Waals surface area contributed by atoms with Gasteiger partial charge in [-0.15, -0.1) is 0 Å². The number of nitrogens with one attached hydrogen (secondary N) is 1. The van der Waals surface area contributed by atoms with Crippen molar-refractivity contribution in [3.63, 3.8) is 0 Å². The van der Waals surface area contributed by atoms with Crippen LogP contribution in [0.25, 0.3) is 0 Å². The Morgan fingerprint density at radius 1 is 1.28 bits per heavy atom. The Balaban J connectivity index is 1.90. The first-order valence-electron chi connectivity index (χ1n) is 10.2. The van der Waals surface area contributed by atoms with Gasteiger partial charge in [0.25, 0.3) is 5.91 Å². The fourth-order valence-corrected chi connectivity index (χ4v) is 4.77. The summed E-state index contributed by atoms with van der Waals surface area (Å²) in [4.78, 5) is 15.3. The molecule has 0 bridgehead atoms. The fourth-order valence-electron chi connectivity index (χ4n) is 4.30. The van der Waals surface area contributed by atoms with Crippen molar-refractivity contribution >= 4 is 27.5 Å². The molecule has 0 aromatic heterocycles. The lowest BCUT2D eigenvalue weighted by Crippen LogP contribution is -2.40. The van der Waals surface area contributed by atoms with Gasteiger partial charge in [-0.25, -0.2) is 0 Å². The molecule has 156 valence electrons. The Morgan fingerprint density at radius 3 is 2.62 bits per heavy atom. The van der Waals surface area contributed by atoms with Crippen molar-refractivity contribution in [3.8, 4) is 5.75 Å². The minimum absolute atomic E-state index is 0.0796. The van der Waals surface area contributed by atoms with E-state index in [0.717, 1.165) is 35.4 Å². The molecule has 0 unspecified atom stereocenters. The Kier molecular flexibility index (Phi) is 6.39. The van der Waals surface area contributed by atoms with E-state index in [2.05, 4.69) is 66.1 Å². The fraction of sp³-hybridized carbons (Fsp3) is 0.458. The second kappa shape index (κ2) is 8.49. The van der Waals surface area contributed by atoms with Crippen LogP contribution >= 0.6 is 15.9 Å². The van der Waals surface area contributed by atoms with E-state index in [1.54, 1.807) is 6.07 Å². The second-order valence-corrected chi connectivity index (χ2v) is 9.65. The zero-order valence-electron chi connectivity index (χ0n) is 18.2. The Labute approximate surface area is 182 Å². The first kappa shape index (κ1) is 21.8. The lowest BCUT2D eigenvalue weighted by molar-refractivity contribution is 0.102. The maximum Gasteiger partial charge on any atom is 0.255 e. The molecule has 2 aromatic rings. The highest BCUT2D eigenvalue weighted by Gasteiger charge is 2.32. The number of hydrogen-bond acceptors (Lipinski definition) is 3. The van der Waals surface area contributed by atoms with Gasteiger partial charge in [0, 0.05) is 29.8 Å². The van der Waals surface area contributed by atoms with E-state index in [0.29, 0.717) is 5.56 Å². The average molecular weight is 459 g/mol. The van der Waals surface area contributed by atoms with E-state index in [1.165, 1.54) is 16.7 Å². The first-order valence-corrected chi connectivity index (χ1v) is 11.0. The summed E-state index contributed by atoms with van der Waals surface area (Å²) in [5.74, 6) is 0.629. The molecule has 0 saturated carbocycles. The van der Waals surface area contributed by atoms with Gasteiger partial charge in [0.1, 0.15) is 5.75 Å². The number of rotatable bonds is 5. The Morgan fingerprint density at radius 2 is 2.00 bits per heavy atom. The maximum atomic E-state index is 12.9. The van der Waals surface area contributed by atoms with E-state index in [1.807, 2.05) is 26.0 Å². The monoisotopic (exact) mass is 458 g/mol. The Hall–Kier alpha value is -1.85. The molecule has 1 heterocycles. The SMILES string of the molecule is CCc1c(NC(=O)c2ccc(OC(C)C)c(Br)c2)ccc2c1CN(C)CC2(C)C. The molecule has 4 nitrogen and oxygen atoms in total. The highest BCUT2D eigenvalue weighted by atomic mass is 79.9. The topological polar surface area (TPSA) is 41.6 Å². The highest BCUT2D eigenvalue weighted by Crippen LogP contribution is 2.37. The third-order valence-electron chi connectivity index (χ3n) is 5.41. The van der Waals surface area contributed by atoms with Crippen LogP contribution in [0.1, 0.15) is 61.7 Å². The molecule has 5 heteroatoms. The molecule has 0 atom stereocenters. The van der Waals surface area contributed by atoms with E-state index >= 15 is 0 Å². The zero-order valence-corrected chi connectivity index (χ0v) is 19.8. The summed E-state index contributed by atoms with van der Waals surface area (Å²) < 4.78 is 6.52. The van der Waals surface area contributed by atoms with Crippen LogP contribution in [0.5, 0.6) is 5.75 Å². The number of halogens is 1. The van der Waals surface area contributed by atoms with Gasteiger partial charge in [0.05, 0.1) is 10.6 Å². The van der Waals surface area contributed by atoms with E-state index in [-0.39, 0.29) is 17.4 Å². The third kappa shape index (κ3) is 4.67. The number of carbonyl (C=O) groups is 1. The molecule has 1 aliphatic heterocycles. The van der Waals surface area contributed by atoms with Crippen molar-refractivity contribution in [2.75, 3.05) is 18.9 Å². The van der Waals surface area contributed by atoms with E-state index in [9.17, 15) is 4.79 Å². The number of likely N-dealkylation sites (N-methyl/N-ethyl adjacent to an activating group) is 1. The molecule has 1 N–H and O–H groups in total. The van der Waals surface area contributed by atoms with Crippen LogP contribution in [0, 0.1) is 0 Å². The van der Waals surface area contributed by atoms with Gasteiger partial charge < -0.3 is 15.0 Å². The molecule has 0 aliphatic carbocycles. The van der Waals surface area contributed by atoms with Crippen molar-refractivity contribution < 1.29 is 9.53 Å². The number of hydrogen-bond donors (Lipinski definition) is 1. The largest absolute Gasteiger partial charge is 0.490 e. The molecule has 0 saturated heterocycles. The predicted molar refractivity (Wildman–Crippen MR) is 123 cm³/mol. The van der Waals surface area contributed by atoms with Crippen LogP contribution in [0.3, 0.4) is 0 Å². The summed E-state index contributed by atoms with van der Waals surface area (Å²) in [6.07, 6.45) is 0.962. The van der Waals surface area contributed by atoms with Gasteiger partial charge in [-0.3, -0.25) is 4.79 Å². The van der Waals surface area contributed by atoms with Gasteiger partial charge in [0.15, 0.2) is 0 Å². The van der Waals surface area contributed by atoms with Crippen LogP contribution in [0.15, 0.2) is 34.8 Å². The number of benzene rings is 2. The smallest absolute Gasteiger partial charge is 0.255 e. The Bertz CT molecular complexity index is 921. The quantitative estimate of drug-likeness (QED) is 0.617. The molecular formula is C24H31BrN2O2. The summed E-state index contributed by atoms with van der Waals surface area (Å²) in [6, 6.07) is 9.71. The second-order valence-electron chi connectivity index (χ2n) is 8.79. The van der Waals surface area contributed by atoms with Crippen LogP contribution in [-0.4, -0.2) is 30.5 Å². The number of amides is 1. The van der Waals surface area contributed by atoms with Gasteiger partial charge in [-0.2, -0.15) is 0 Å². The predicted octanol–water partition coefficient (Wildman–Crippen LogP) is 5.77. The molecule has 3 rings (SSSR count). The molecule has 1 aliphatic rings. The summed E-state index contributed by atoms with van der Waals surface area (Å²) in [6.45, 7) is 12.6. The van der Waals surface area contributed by atoms with E-state index < -0.39 is 0 Å². The molecule has 0 radical (unpaired) electrons. The highest BCUT2D eigenvalue weighted by molar-refractivity contribution is 9.10. The number of ether oxygens (including phenoxy) is 1. The maximum absolute atomic E-state index is 12.9. The van der Waals surface area contributed by atoms with E-state index in [4.69, 9.17) is 4.74 Å². The summed E-state index contributed by atoms with van der Waals surface area (Å²) in [7, 11) is 2.16. The number of nitrogens with zero attached hydrogens (tertiary/aromatic N) is 1. The summed E-state index contributed by atoms with van der Waals surface area (Å²) >= 11 is 3.52. The van der Waals surface area contributed by atoms with Gasteiger partial charge in [-0.05, 0) is 84.2 Å². The zero-order chi connectivity index (χ0) is 21.3. The molecular weight excluding hydrogens is 428 g/mol. The van der Waals surface area contributed by atoms with Crippen molar-refractivity contribution in [1.29, 1.82) is 0 Å². The molecule has 1 amide bonds. The molecule has 29 heavy (non-hydrogen) atoms. The molecule has 2 aromatic carbocycles. The molecule has 0 fully saturated rings. The number of anilines is 1. The van der Waals surface area contributed by atoms with Gasteiger partial charge >= 0.3 is 0 Å². The van der Waals surface area contributed by atoms with Crippen molar-refractivity contribution in [2.24, 2.45) is 0 Å². The van der Waals surface area contributed by atoms with Crippen LogP contribution < -0.4 is 10.1 Å². The standard InChI is InChI=1S/C24H31BrN2O2/c1-7-17-18-13-27(6)14-24(4,5)19(18)9-10-21(17)26-23(28)16-8-11-22(20(25)12-16)29-15(2)3/h8-12,15H,7,13-14H2,1-6H3,(H,26,28). The minimum atomic E-state index is -0.111. The van der Waals surface area contributed by atoms with Gasteiger partial charge in [-0.1, -0.05) is 26.8 Å². The van der Waals surface area contributed by atoms with Crippen molar-refractivity contribution in [3.05, 3.63) is 57.1 Å². The van der Waals surface area contributed by atoms with Crippen LogP contribution in [-0.2, 0) is 18.4 Å². The van der Waals surface area contributed by atoms with Crippen molar-refractivity contribution in [2.45, 2.75) is 59.1 Å². The minimum Gasteiger partial charge on any atom is -0.490 e. The lowest BCUT2D eigenvalue weighted by atomic mass is 9.76. The third-order valence-corrected chi connectivity index (χ3v) is 6.03. The average Bonchev–Trinajstić information content (AvgIpc) is 2.61. The van der Waals surface area contributed by atoms with Gasteiger partial charge in [0.2, 0.25) is 0 Å². The molecule has 0 spiro atoms.